The lowest BCUT2D eigenvalue weighted by atomic mass is 10.2. The molecule has 3 aromatic rings. The van der Waals surface area contributed by atoms with Crippen molar-refractivity contribution in [3.8, 4) is 0 Å². The van der Waals surface area contributed by atoms with Gasteiger partial charge in [-0.2, -0.15) is 0 Å². The summed E-state index contributed by atoms with van der Waals surface area (Å²) in [5.41, 5.74) is 2.05. The van der Waals surface area contributed by atoms with E-state index in [1.165, 1.54) is 5.56 Å². The number of rotatable bonds is 7. The van der Waals surface area contributed by atoms with Gasteiger partial charge in [-0.3, -0.25) is 9.69 Å². The van der Waals surface area contributed by atoms with E-state index >= 15 is 0 Å². The highest BCUT2D eigenvalue weighted by Crippen LogP contribution is 2.23. The number of fused-ring (bicyclic) bond motifs is 1. The van der Waals surface area contributed by atoms with Gasteiger partial charge in [-0.1, -0.05) is 48.5 Å². The van der Waals surface area contributed by atoms with Gasteiger partial charge in [-0.15, -0.1) is 0 Å². The van der Waals surface area contributed by atoms with E-state index in [0.29, 0.717) is 6.54 Å². The second kappa shape index (κ2) is 8.19. The molecular weight excluding hydrogens is 324 g/mol. The zero-order chi connectivity index (χ0) is 18.5. The topological polar surface area (TPSA) is 45.5 Å². The molecule has 0 fully saturated rings. The summed E-state index contributed by atoms with van der Waals surface area (Å²) in [5, 5.41) is 4.11. The zero-order valence-electron chi connectivity index (χ0n) is 15.6. The third-order valence-electron chi connectivity index (χ3n) is 4.55. The molecule has 0 aliphatic heterocycles. The predicted octanol–water partition coefficient (Wildman–Crippen LogP) is 4.52. The van der Waals surface area contributed by atoms with Gasteiger partial charge < -0.3 is 9.73 Å². The van der Waals surface area contributed by atoms with Gasteiger partial charge in [0.15, 0.2) is 0 Å². The van der Waals surface area contributed by atoms with Crippen LogP contribution >= 0.6 is 0 Å². The molecule has 136 valence electrons. The normalized spacial score (nSPS) is 12.7. The van der Waals surface area contributed by atoms with Gasteiger partial charge in [-0.25, -0.2) is 0 Å². The molecule has 0 saturated heterocycles. The molecule has 26 heavy (non-hydrogen) atoms. The molecule has 0 bridgehead atoms. The van der Waals surface area contributed by atoms with Crippen LogP contribution in [-0.4, -0.2) is 23.4 Å². The zero-order valence-corrected chi connectivity index (χ0v) is 15.6. The molecule has 1 aromatic heterocycles. The first kappa shape index (κ1) is 18.2. The minimum Gasteiger partial charge on any atom is -0.459 e. The molecule has 1 heterocycles. The molecule has 1 unspecified atom stereocenters. The lowest BCUT2D eigenvalue weighted by Gasteiger charge is -2.26. The van der Waals surface area contributed by atoms with Gasteiger partial charge in [0.1, 0.15) is 11.3 Å². The summed E-state index contributed by atoms with van der Waals surface area (Å²) in [4.78, 5) is 14.7. The standard InChI is InChI=1S/C22H26N2O2/c1-16(2)24(14-18-9-5-4-6-10-18)15-22(25)23-17(3)21-13-19-11-7-8-12-20(19)26-21/h4-13,16-17H,14-15H2,1-3H3,(H,23,25). The molecule has 4 heteroatoms. The Kier molecular flexibility index (Phi) is 5.74. The Balaban J connectivity index is 1.62. The average Bonchev–Trinajstić information content (AvgIpc) is 3.06. The molecule has 1 atom stereocenters. The molecule has 0 saturated carbocycles. The lowest BCUT2D eigenvalue weighted by Crippen LogP contribution is -2.41. The predicted molar refractivity (Wildman–Crippen MR) is 105 cm³/mol. The van der Waals surface area contributed by atoms with Gasteiger partial charge in [0.2, 0.25) is 5.91 Å². The fourth-order valence-electron chi connectivity index (χ4n) is 3.00. The van der Waals surface area contributed by atoms with Gasteiger partial charge in [0.25, 0.3) is 0 Å². The maximum Gasteiger partial charge on any atom is 0.234 e. The monoisotopic (exact) mass is 350 g/mol. The summed E-state index contributed by atoms with van der Waals surface area (Å²) < 4.78 is 5.85. The molecule has 4 nitrogen and oxygen atoms in total. The summed E-state index contributed by atoms with van der Waals surface area (Å²) in [6.45, 7) is 7.28. The van der Waals surface area contributed by atoms with E-state index in [9.17, 15) is 4.79 Å². The Morgan fingerprint density at radius 3 is 2.42 bits per heavy atom. The van der Waals surface area contributed by atoms with Crippen molar-refractivity contribution in [2.45, 2.75) is 39.4 Å². The number of furan rings is 1. The largest absolute Gasteiger partial charge is 0.459 e. The van der Waals surface area contributed by atoms with Crippen molar-refractivity contribution < 1.29 is 9.21 Å². The van der Waals surface area contributed by atoms with E-state index in [1.54, 1.807) is 0 Å². The molecule has 0 aliphatic carbocycles. The molecule has 2 aromatic carbocycles. The average molecular weight is 350 g/mol. The second-order valence-corrected chi connectivity index (χ2v) is 6.96. The number of benzene rings is 2. The van der Waals surface area contributed by atoms with Crippen LogP contribution in [-0.2, 0) is 11.3 Å². The Labute approximate surface area is 154 Å². The van der Waals surface area contributed by atoms with Crippen LogP contribution < -0.4 is 5.32 Å². The van der Waals surface area contributed by atoms with E-state index in [-0.39, 0.29) is 18.0 Å². The van der Waals surface area contributed by atoms with Gasteiger partial charge >= 0.3 is 0 Å². The van der Waals surface area contributed by atoms with Gasteiger partial charge in [-0.05, 0) is 38.5 Å². The highest BCUT2D eigenvalue weighted by molar-refractivity contribution is 5.80. The number of nitrogens with one attached hydrogen (secondary N) is 1. The number of nitrogens with zero attached hydrogens (tertiary/aromatic N) is 1. The van der Waals surface area contributed by atoms with Crippen LogP contribution in [0.2, 0.25) is 0 Å². The summed E-state index contributed by atoms with van der Waals surface area (Å²) in [6, 6.07) is 20.2. The van der Waals surface area contributed by atoms with Crippen molar-refractivity contribution in [1.29, 1.82) is 0 Å². The first-order chi connectivity index (χ1) is 12.5. The van der Waals surface area contributed by atoms with Crippen molar-refractivity contribution in [2.24, 2.45) is 0 Å². The fourth-order valence-corrected chi connectivity index (χ4v) is 3.00. The van der Waals surface area contributed by atoms with Crippen molar-refractivity contribution in [2.75, 3.05) is 6.54 Å². The number of carbonyl (C=O) groups is 1. The highest BCUT2D eigenvalue weighted by Gasteiger charge is 2.18. The number of amides is 1. The minimum absolute atomic E-state index is 0.00240. The Bertz CT molecular complexity index is 822. The smallest absolute Gasteiger partial charge is 0.234 e. The van der Waals surface area contributed by atoms with Crippen LogP contribution in [0.1, 0.15) is 38.1 Å². The number of carbonyl (C=O) groups excluding carboxylic acids is 1. The maximum atomic E-state index is 12.6. The van der Waals surface area contributed by atoms with Crippen LogP contribution in [0.5, 0.6) is 0 Å². The van der Waals surface area contributed by atoms with Crippen LogP contribution in [0.3, 0.4) is 0 Å². The molecule has 1 amide bonds. The Morgan fingerprint density at radius 2 is 1.73 bits per heavy atom. The Morgan fingerprint density at radius 1 is 1.04 bits per heavy atom. The lowest BCUT2D eigenvalue weighted by molar-refractivity contribution is -0.123. The number of hydrogen-bond donors (Lipinski definition) is 1. The Hall–Kier alpha value is -2.59. The summed E-state index contributed by atoms with van der Waals surface area (Å²) in [6.07, 6.45) is 0. The molecule has 1 N–H and O–H groups in total. The van der Waals surface area contributed by atoms with Crippen molar-refractivity contribution in [3.63, 3.8) is 0 Å². The van der Waals surface area contributed by atoms with Crippen molar-refractivity contribution in [3.05, 3.63) is 72.0 Å². The summed E-state index contributed by atoms with van der Waals surface area (Å²) in [5.74, 6) is 0.779. The van der Waals surface area contributed by atoms with E-state index in [2.05, 4.69) is 36.2 Å². The quantitative estimate of drug-likeness (QED) is 0.681. The van der Waals surface area contributed by atoms with E-state index in [1.807, 2.05) is 55.5 Å². The number of para-hydroxylation sites is 1. The van der Waals surface area contributed by atoms with E-state index < -0.39 is 0 Å². The maximum absolute atomic E-state index is 12.6. The van der Waals surface area contributed by atoms with Crippen LogP contribution in [0.15, 0.2) is 65.1 Å². The summed E-state index contributed by atoms with van der Waals surface area (Å²) >= 11 is 0. The van der Waals surface area contributed by atoms with Crippen LogP contribution in [0.25, 0.3) is 11.0 Å². The molecule has 0 radical (unpaired) electrons. The van der Waals surface area contributed by atoms with Gasteiger partial charge in [0, 0.05) is 18.0 Å². The third-order valence-corrected chi connectivity index (χ3v) is 4.55. The highest BCUT2D eigenvalue weighted by atomic mass is 16.3. The van der Waals surface area contributed by atoms with E-state index in [0.717, 1.165) is 23.3 Å². The van der Waals surface area contributed by atoms with E-state index in [4.69, 9.17) is 4.42 Å². The molecular formula is C22H26N2O2. The summed E-state index contributed by atoms with van der Waals surface area (Å²) in [7, 11) is 0. The third kappa shape index (κ3) is 4.52. The molecule has 0 aliphatic rings. The second-order valence-electron chi connectivity index (χ2n) is 6.96. The van der Waals surface area contributed by atoms with Gasteiger partial charge in [0.05, 0.1) is 12.6 Å². The SMILES string of the molecule is CC(NC(=O)CN(Cc1ccccc1)C(C)C)c1cc2ccccc2o1. The first-order valence-corrected chi connectivity index (χ1v) is 9.08. The van der Waals surface area contributed by atoms with Crippen molar-refractivity contribution >= 4 is 16.9 Å². The van der Waals surface area contributed by atoms with Crippen molar-refractivity contribution in [1.82, 2.24) is 10.2 Å². The molecule has 3 rings (SSSR count). The number of hydrogen-bond acceptors (Lipinski definition) is 3. The van der Waals surface area contributed by atoms with Crippen LogP contribution in [0, 0.1) is 0 Å². The minimum atomic E-state index is -0.166. The molecule has 0 spiro atoms. The fraction of sp³-hybridized carbons (Fsp3) is 0.318. The van der Waals surface area contributed by atoms with Crippen LogP contribution in [0.4, 0.5) is 0 Å². The first-order valence-electron chi connectivity index (χ1n) is 9.08.